The number of nitrogens with zero attached hydrogens (tertiary/aromatic N) is 1. The van der Waals surface area contributed by atoms with Gasteiger partial charge in [0.05, 0.1) is 26.4 Å². The van der Waals surface area contributed by atoms with Gasteiger partial charge in [-0.1, -0.05) is 54.6 Å². The molecule has 0 bridgehead atoms. The van der Waals surface area contributed by atoms with Gasteiger partial charge in [-0.05, 0) is 30.5 Å². The van der Waals surface area contributed by atoms with E-state index in [2.05, 4.69) is 58.9 Å². The fourth-order valence-electron chi connectivity index (χ4n) is 2.50. The highest BCUT2D eigenvalue weighted by atomic mass is 16.5. The number of hydrogen-bond donors (Lipinski definition) is 2. The van der Waals surface area contributed by atoms with Crippen LogP contribution in [0.4, 0.5) is 0 Å². The molecule has 0 atom stereocenters. The summed E-state index contributed by atoms with van der Waals surface area (Å²) < 4.78 is 11.1. The van der Waals surface area contributed by atoms with Crippen LogP contribution in [0.5, 0.6) is 0 Å². The Labute approximate surface area is 162 Å². The molecular weight excluding hydrogens is 338 g/mol. The van der Waals surface area contributed by atoms with E-state index in [1.165, 1.54) is 16.7 Å². The zero-order valence-corrected chi connectivity index (χ0v) is 16.4. The smallest absolute Gasteiger partial charge is 0.191 e. The molecule has 0 unspecified atom stereocenters. The summed E-state index contributed by atoms with van der Waals surface area (Å²) in [6.45, 7) is 8.92. The molecule has 0 aliphatic heterocycles. The second-order valence-electron chi connectivity index (χ2n) is 6.11. The molecule has 146 valence electrons. The third kappa shape index (κ3) is 8.71. The van der Waals surface area contributed by atoms with Crippen molar-refractivity contribution < 1.29 is 9.47 Å². The van der Waals surface area contributed by atoms with Crippen LogP contribution in [0.25, 0.3) is 0 Å². The van der Waals surface area contributed by atoms with Crippen molar-refractivity contribution in [3.05, 3.63) is 71.3 Å². The minimum absolute atomic E-state index is 0.611. The lowest BCUT2D eigenvalue weighted by Gasteiger charge is -2.11. The lowest BCUT2D eigenvalue weighted by Crippen LogP contribution is -2.39. The molecule has 0 fully saturated rings. The number of aliphatic imine (C=N–C) groups is 1. The maximum absolute atomic E-state index is 5.78. The molecule has 2 aromatic carbocycles. The number of ether oxygens (including phenoxy) is 2. The van der Waals surface area contributed by atoms with Crippen LogP contribution in [0.3, 0.4) is 0 Å². The van der Waals surface area contributed by atoms with Gasteiger partial charge in [0, 0.05) is 19.7 Å². The summed E-state index contributed by atoms with van der Waals surface area (Å²) in [5, 5.41) is 6.52. The molecule has 0 aliphatic carbocycles. The van der Waals surface area contributed by atoms with Crippen molar-refractivity contribution in [3.8, 4) is 0 Å². The topological polar surface area (TPSA) is 54.9 Å². The van der Waals surface area contributed by atoms with Crippen molar-refractivity contribution in [2.75, 3.05) is 26.3 Å². The summed E-state index contributed by atoms with van der Waals surface area (Å²) in [7, 11) is 0. The number of hydrogen-bond acceptors (Lipinski definition) is 3. The molecule has 5 nitrogen and oxygen atoms in total. The van der Waals surface area contributed by atoms with Crippen LogP contribution < -0.4 is 10.6 Å². The van der Waals surface area contributed by atoms with Gasteiger partial charge >= 0.3 is 0 Å². The van der Waals surface area contributed by atoms with E-state index in [0.717, 1.165) is 25.7 Å². The molecule has 0 aliphatic rings. The van der Waals surface area contributed by atoms with E-state index in [1.807, 2.05) is 25.1 Å². The van der Waals surface area contributed by atoms with E-state index < -0.39 is 0 Å². The third-order valence-electron chi connectivity index (χ3n) is 3.91. The summed E-state index contributed by atoms with van der Waals surface area (Å²) in [6, 6.07) is 18.6. The molecule has 0 saturated carbocycles. The van der Waals surface area contributed by atoms with Gasteiger partial charge in [0.1, 0.15) is 0 Å². The van der Waals surface area contributed by atoms with Crippen LogP contribution in [0.2, 0.25) is 0 Å². The molecule has 0 saturated heterocycles. The van der Waals surface area contributed by atoms with Gasteiger partial charge in [0.2, 0.25) is 0 Å². The maximum Gasteiger partial charge on any atom is 0.191 e. The zero-order valence-electron chi connectivity index (χ0n) is 16.4. The van der Waals surface area contributed by atoms with Gasteiger partial charge in [0.15, 0.2) is 5.96 Å². The predicted molar refractivity (Wildman–Crippen MR) is 111 cm³/mol. The first-order chi connectivity index (χ1) is 13.3. The Morgan fingerprint density at radius 1 is 0.815 bits per heavy atom. The highest BCUT2D eigenvalue weighted by Crippen LogP contribution is 2.09. The summed E-state index contributed by atoms with van der Waals surface area (Å²) in [6.07, 6.45) is 0. The summed E-state index contributed by atoms with van der Waals surface area (Å²) in [5.74, 6) is 0.812. The Bertz CT molecular complexity index is 657. The first-order valence-corrected chi connectivity index (χ1v) is 9.61. The van der Waals surface area contributed by atoms with Crippen molar-refractivity contribution in [1.29, 1.82) is 0 Å². The number of nitrogens with one attached hydrogen (secondary N) is 2. The lowest BCUT2D eigenvalue weighted by atomic mass is 10.1. The minimum Gasteiger partial charge on any atom is -0.380 e. The average molecular weight is 370 g/mol. The molecule has 2 aromatic rings. The van der Waals surface area contributed by atoms with Gasteiger partial charge in [-0.2, -0.15) is 0 Å². The monoisotopic (exact) mass is 369 g/mol. The molecule has 2 rings (SSSR count). The van der Waals surface area contributed by atoms with Crippen LogP contribution in [0.15, 0.2) is 59.6 Å². The Morgan fingerprint density at radius 3 is 2.15 bits per heavy atom. The first kappa shape index (κ1) is 20.9. The van der Waals surface area contributed by atoms with E-state index in [0.29, 0.717) is 26.4 Å². The molecule has 27 heavy (non-hydrogen) atoms. The molecule has 0 spiro atoms. The van der Waals surface area contributed by atoms with E-state index in [1.54, 1.807) is 0 Å². The minimum atomic E-state index is 0.611. The van der Waals surface area contributed by atoms with Gasteiger partial charge in [0.25, 0.3) is 0 Å². The lowest BCUT2D eigenvalue weighted by molar-refractivity contribution is 0.107. The van der Waals surface area contributed by atoms with E-state index >= 15 is 0 Å². The quantitative estimate of drug-likeness (QED) is 0.362. The van der Waals surface area contributed by atoms with Crippen LogP contribution in [0, 0.1) is 0 Å². The summed E-state index contributed by atoms with van der Waals surface area (Å²) in [5.41, 5.74) is 3.53. The Balaban J connectivity index is 1.77. The Hall–Kier alpha value is -2.37. The molecule has 0 amide bonds. The number of guanidine groups is 1. The Kier molecular flexibility index (Phi) is 10.0. The maximum atomic E-state index is 5.78. The second-order valence-corrected chi connectivity index (χ2v) is 6.11. The molecule has 5 heteroatoms. The van der Waals surface area contributed by atoms with Crippen LogP contribution in [0.1, 0.15) is 30.5 Å². The SMILES string of the molecule is CCNC(=NCc1ccc(COCc2ccccc2)cc1)NCCOCC. The van der Waals surface area contributed by atoms with Crippen molar-refractivity contribution in [3.63, 3.8) is 0 Å². The van der Waals surface area contributed by atoms with Gasteiger partial charge in [-0.15, -0.1) is 0 Å². The zero-order chi connectivity index (χ0) is 19.2. The van der Waals surface area contributed by atoms with Crippen molar-refractivity contribution in [2.45, 2.75) is 33.6 Å². The van der Waals surface area contributed by atoms with Crippen LogP contribution >= 0.6 is 0 Å². The molecule has 0 heterocycles. The fourth-order valence-corrected chi connectivity index (χ4v) is 2.50. The van der Waals surface area contributed by atoms with Gasteiger partial charge < -0.3 is 20.1 Å². The fraction of sp³-hybridized carbons (Fsp3) is 0.409. The second kappa shape index (κ2) is 12.9. The van der Waals surface area contributed by atoms with Crippen molar-refractivity contribution in [2.24, 2.45) is 4.99 Å². The highest BCUT2D eigenvalue weighted by Gasteiger charge is 1.99. The predicted octanol–water partition coefficient (Wildman–Crippen LogP) is 3.50. The first-order valence-electron chi connectivity index (χ1n) is 9.61. The largest absolute Gasteiger partial charge is 0.380 e. The van der Waals surface area contributed by atoms with E-state index in [4.69, 9.17) is 9.47 Å². The molecule has 0 radical (unpaired) electrons. The van der Waals surface area contributed by atoms with Crippen LogP contribution in [-0.4, -0.2) is 32.3 Å². The Morgan fingerprint density at radius 2 is 1.48 bits per heavy atom. The molecule has 0 aromatic heterocycles. The van der Waals surface area contributed by atoms with E-state index in [9.17, 15) is 0 Å². The van der Waals surface area contributed by atoms with Crippen molar-refractivity contribution >= 4 is 5.96 Å². The number of rotatable bonds is 11. The molecular formula is C22H31N3O2. The standard InChI is InChI=1S/C22H31N3O2/c1-3-23-22(24-14-15-26-4-2)25-16-19-10-12-21(13-11-19)18-27-17-20-8-6-5-7-9-20/h5-13H,3-4,14-18H2,1-2H3,(H2,23,24,25). The summed E-state index contributed by atoms with van der Waals surface area (Å²) >= 11 is 0. The van der Waals surface area contributed by atoms with Gasteiger partial charge in [-0.25, -0.2) is 4.99 Å². The highest BCUT2D eigenvalue weighted by molar-refractivity contribution is 5.79. The van der Waals surface area contributed by atoms with Gasteiger partial charge in [-0.3, -0.25) is 0 Å². The van der Waals surface area contributed by atoms with Crippen LogP contribution in [-0.2, 0) is 29.2 Å². The van der Waals surface area contributed by atoms with Crippen molar-refractivity contribution in [1.82, 2.24) is 10.6 Å². The third-order valence-corrected chi connectivity index (χ3v) is 3.91. The molecule has 2 N–H and O–H groups in total. The normalized spacial score (nSPS) is 11.4. The average Bonchev–Trinajstić information content (AvgIpc) is 2.71. The van der Waals surface area contributed by atoms with E-state index in [-0.39, 0.29) is 0 Å². The number of benzene rings is 2. The summed E-state index contributed by atoms with van der Waals surface area (Å²) in [4.78, 5) is 4.62.